The fourth-order valence-electron chi connectivity index (χ4n) is 11.5. The van der Waals surface area contributed by atoms with Crippen LogP contribution in [-0.4, -0.2) is 121 Å². The second kappa shape index (κ2) is 38.5. The Morgan fingerprint density at radius 1 is 0.444 bits per heavy atom. The molecule has 10 aromatic heterocycles. The zero-order valence-corrected chi connectivity index (χ0v) is 66.5. The third-order valence-electron chi connectivity index (χ3n) is 16.4. The number of nitrogens with two attached hydrogens (primary N) is 3. The first kappa shape index (κ1) is 87.4. The Labute approximate surface area is 688 Å². The Morgan fingerprint density at radius 2 is 0.761 bits per heavy atom. The second-order valence-electron chi connectivity index (χ2n) is 24.4. The van der Waals surface area contributed by atoms with E-state index < -0.39 is 23.6 Å². The number of aromatic carboxylic acids is 1. The fourth-order valence-corrected chi connectivity index (χ4v) is 13.2. The van der Waals surface area contributed by atoms with Crippen LogP contribution in [-0.2, 0) is 0 Å². The summed E-state index contributed by atoms with van der Waals surface area (Å²) in [5.41, 5.74) is 18.3. The van der Waals surface area contributed by atoms with E-state index in [0.29, 0.717) is 106 Å². The molecule has 3 atom stereocenters. The van der Waals surface area contributed by atoms with Crippen LogP contribution in [0.4, 0.5) is 17.6 Å². The van der Waals surface area contributed by atoms with Gasteiger partial charge in [-0.25, -0.2) is 64.6 Å². The van der Waals surface area contributed by atoms with Crippen LogP contribution in [0.1, 0.15) is 84.2 Å². The van der Waals surface area contributed by atoms with Gasteiger partial charge in [0.15, 0.2) is 16.9 Å². The highest BCUT2D eigenvalue weighted by Crippen LogP contribution is 2.30. The Bertz CT molecular complexity index is 6520. The Morgan fingerprint density at radius 3 is 1.14 bits per heavy atom. The summed E-state index contributed by atoms with van der Waals surface area (Å²) >= 11 is 35.6. The highest BCUT2D eigenvalue weighted by molar-refractivity contribution is 6.38. The molecule has 16 rings (SSSR count). The zero-order chi connectivity index (χ0) is 82.6. The molecule has 0 fully saturated rings. The minimum Gasteiger partial charge on any atom is -0.477 e. The summed E-state index contributed by atoms with van der Waals surface area (Å²) in [5, 5.41) is 23.4. The zero-order valence-electron chi connectivity index (χ0n) is 62.0. The maximum atomic E-state index is 13.6. The van der Waals surface area contributed by atoms with E-state index in [1.54, 1.807) is 101 Å². The molecule has 0 saturated carbocycles. The van der Waals surface area contributed by atoms with Gasteiger partial charge in [0.1, 0.15) is 83.8 Å². The van der Waals surface area contributed by atoms with Gasteiger partial charge in [-0.1, -0.05) is 142 Å². The van der Waals surface area contributed by atoms with Gasteiger partial charge in [-0.15, -0.1) is 0 Å². The standard InChI is InChI=1S/C23H18ClN7O2.C22H17ClN8O2.C16H14ClN3O.C7H5ClN4O.C6H4Cl2N2O2.CH4N2.H3N.H2O/c1-12(27-20-18-19(28-13(2)29-20)25-11-26-22(18)32)21-30-16-10-6-9-15(24)17(16)23(33)31(21)14-7-4-3-5-8-14;1-11(27-18-16-17(29-22(24)30-18)25-10-26-20(16)32)19-28-14-9-5-8-13(23)15(14)21(33)31(19)12-6-3-2-4-7-12;1-10(18)15-19-13-9-5-8-12(17)14(13)16(21)20(15)11-6-3-2-4-7-11;1-3-11-5(8)4-6(12-3)9-2-10-7(4)13;1-2-9-4(7)3(6(11)12)5(8)10-2;2-1-3;;/h3-12H,1-2H3,(H2,25,26,27,28,29,32);2-11H,1H3,(H4,24,25,26,27,29,30,32);2-10H,18H2,1H3;2H,1H3,(H,9,10,11,12,13);1H3,(H,11,12);1H,(H3,2,3);1H3;1H2/t12-;11-;10-;;;;;/m000...../s1. The summed E-state index contributed by atoms with van der Waals surface area (Å²) in [6, 6.07) is 41.6. The third kappa shape index (κ3) is 19.5. The third-order valence-corrected chi connectivity index (χ3v) is 18.2. The predicted octanol–water partition coefficient (Wildman–Crippen LogP) is 10.8. The highest BCUT2D eigenvalue weighted by atomic mass is 35.5. The number of hydrogen-bond donors (Lipinski definition) is 11. The summed E-state index contributed by atoms with van der Waals surface area (Å²) in [4.78, 5) is 152. The summed E-state index contributed by atoms with van der Waals surface area (Å²) in [6.07, 6.45) is 4.57. The molecule has 36 nitrogen and oxygen atoms in total. The molecule has 0 bridgehead atoms. The summed E-state index contributed by atoms with van der Waals surface area (Å²) in [5.74, 6) is 1.84. The molecule has 598 valence electrons. The van der Waals surface area contributed by atoms with Gasteiger partial charge in [0, 0.05) is 0 Å². The highest BCUT2D eigenvalue weighted by Gasteiger charge is 2.26. The smallest absolute Gasteiger partial charge is 0.342 e. The van der Waals surface area contributed by atoms with E-state index in [-0.39, 0.29) is 106 Å². The summed E-state index contributed by atoms with van der Waals surface area (Å²) in [7, 11) is 0. The quantitative estimate of drug-likeness (QED) is 0.0325. The number of halogens is 6. The first-order valence-electron chi connectivity index (χ1n) is 33.9. The van der Waals surface area contributed by atoms with Gasteiger partial charge >= 0.3 is 5.97 Å². The van der Waals surface area contributed by atoms with Crippen molar-refractivity contribution in [2.45, 2.75) is 59.7 Å². The van der Waals surface area contributed by atoms with Crippen LogP contribution in [0.2, 0.25) is 30.5 Å². The molecular formula is C75H67Cl6N27O9. The second-order valence-corrected chi connectivity index (χ2v) is 26.7. The van der Waals surface area contributed by atoms with Crippen molar-refractivity contribution < 1.29 is 15.4 Å². The lowest BCUT2D eigenvalue weighted by Gasteiger charge is -2.20. The maximum absolute atomic E-state index is 13.6. The number of para-hydroxylation sites is 3. The van der Waals surface area contributed by atoms with Crippen molar-refractivity contribution in [2.24, 2.45) is 11.5 Å². The number of aromatic nitrogens is 20. The number of aromatic amines is 3. The van der Waals surface area contributed by atoms with Crippen LogP contribution in [0.15, 0.2) is 193 Å². The van der Waals surface area contributed by atoms with E-state index in [2.05, 4.69) is 91.1 Å². The molecule has 18 N–H and O–H groups in total. The van der Waals surface area contributed by atoms with Crippen LogP contribution in [0.3, 0.4) is 0 Å². The molecule has 117 heavy (non-hydrogen) atoms. The molecule has 6 aromatic carbocycles. The molecule has 0 radical (unpaired) electrons. The Hall–Kier alpha value is -13.6. The van der Waals surface area contributed by atoms with Crippen molar-refractivity contribution in [3.8, 4) is 17.1 Å². The molecule has 10 heterocycles. The van der Waals surface area contributed by atoms with Crippen LogP contribution in [0.5, 0.6) is 0 Å². The number of carbonyl (C=O) groups is 1. The van der Waals surface area contributed by atoms with Crippen molar-refractivity contribution in [3.63, 3.8) is 0 Å². The lowest BCUT2D eigenvalue weighted by atomic mass is 10.2. The van der Waals surface area contributed by atoms with Gasteiger partial charge < -0.3 is 59.5 Å². The number of aryl methyl sites for hydroxylation is 3. The SMILES string of the molecule is C[C@H](N)c1nc2cccc(Cl)c2c(=O)n1-c1ccccc1.C[C@H](Nc1nc(N)nc2nc[nH]c(=O)c12)c1nc2cccc(Cl)c2c(=O)n1-c1ccccc1.Cc1nc(Cl)c(C(=O)O)c(Cl)n1.Cc1nc(Cl)c2c(=O)[nH]cnc2n1.Cc1nc(N[C@@H](C)c2nc3cccc(Cl)c3c(=O)n2-c2ccccc2)c2c(=O)[nH]cnc2n1.N.N=CN.O. The number of H-pyrrole nitrogens is 3. The van der Waals surface area contributed by atoms with Gasteiger partial charge in [-0.2, -0.15) is 9.97 Å². The van der Waals surface area contributed by atoms with Crippen molar-refractivity contribution in [1.29, 1.82) is 5.41 Å². The molecule has 0 saturated heterocycles. The topological polar surface area (TPSA) is 575 Å². The lowest BCUT2D eigenvalue weighted by molar-refractivity contribution is 0.0696. The number of benzene rings is 6. The van der Waals surface area contributed by atoms with Crippen LogP contribution >= 0.6 is 69.6 Å². The van der Waals surface area contributed by atoms with Gasteiger partial charge in [0.05, 0.1) is 108 Å². The Kier molecular flexibility index (Phi) is 28.8. The number of carboxylic acids is 1. The lowest BCUT2D eigenvalue weighted by Crippen LogP contribution is -2.28. The monoisotopic (exact) mass is 1700 g/mol. The molecule has 0 amide bonds. The van der Waals surface area contributed by atoms with E-state index in [1.165, 1.54) is 32.7 Å². The molecule has 0 aliphatic rings. The maximum Gasteiger partial charge on any atom is 0.342 e. The molecule has 0 unspecified atom stereocenters. The van der Waals surface area contributed by atoms with Gasteiger partial charge in [-0.3, -0.25) is 47.9 Å². The van der Waals surface area contributed by atoms with Gasteiger partial charge in [0.25, 0.3) is 33.4 Å². The van der Waals surface area contributed by atoms with Crippen molar-refractivity contribution in [3.05, 3.63) is 298 Å². The number of fused-ring (bicyclic) bond motifs is 6. The molecule has 0 aliphatic carbocycles. The van der Waals surface area contributed by atoms with Crippen LogP contribution in [0, 0.1) is 26.2 Å². The first-order chi connectivity index (χ1) is 55.1. The molecular weight excluding hydrogens is 1640 g/mol. The minimum absolute atomic E-state index is 0. The molecule has 42 heteroatoms. The number of nitrogen functional groups attached to an aromatic ring is 1. The number of nitrogens with zero attached hydrogens (tertiary/aromatic N) is 17. The van der Waals surface area contributed by atoms with Crippen LogP contribution < -0.4 is 67.3 Å². The average Bonchev–Trinajstić information content (AvgIpc) is 0.768. The largest absolute Gasteiger partial charge is 0.477 e. The fraction of sp³-hybridized carbons (Fsp3) is 0.120. The van der Waals surface area contributed by atoms with E-state index in [9.17, 15) is 33.6 Å². The van der Waals surface area contributed by atoms with Gasteiger partial charge in [-0.05, 0) is 114 Å². The van der Waals surface area contributed by atoms with Crippen molar-refractivity contribution >= 4 is 165 Å². The molecule has 16 aromatic rings. The van der Waals surface area contributed by atoms with Gasteiger partial charge in [0.2, 0.25) is 5.95 Å². The normalized spacial score (nSPS) is 11.4. The summed E-state index contributed by atoms with van der Waals surface area (Å²) in [6.45, 7) is 10.4. The number of hydrogen-bond acceptors (Lipinski definition) is 27. The van der Waals surface area contributed by atoms with E-state index >= 15 is 0 Å². The van der Waals surface area contributed by atoms with Crippen molar-refractivity contribution in [2.75, 3.05) is 16.4 Å². The van der Waals surface area contributed by atoms with Crippen LogP contribution in [0.25, 0.3) is 82.9 Å². The molecule has 0 aliphatic heterocycles. The van der Waals surface area contributed by atoms with E-state index in [1.807, 2.05) is 85.8 Å². The summed E-state index contributed by atoms with van der Waals surface area (Å²) < 4.78 is 4.53. The number of carboxylic acid groups (broad SMARTS) is 1. The first-order valence-corrected chi connectivity index (χ1v) is 36.2. The van der Waals surface area contributed by atoms with E-state index in [0.717, 1.165) is 12.0 Å². The predicted molar refractivity (Wildman–Crippen MR) is 452 cm³/mol. The minimum atomic E-state index is -1.23. The average molecular weight is 1700 g/mol. The number of anilines is 3. The Balaban J connectivity index is 0.000000173. The number of nitrogens with one attached hydrogen (secondary N) is 6. The molecule has 0 spiro atoms. The van der Waals surface area contributed by atoms with E-state index in [4.69, 9.17) is 102 Å². The number of rotatable bonds is 11. The van der Waals surface area contributed by atoms with Crippen molar-refractivity contribution in [1.82, 2.24) is 105 Å².